The summed E-state index contributed by atoms with van der Waals surface area (Å²) < 4.78 is 27.2. The van der Waals surface area contributed by atoms with Crippen LogP contribution in [0.2, 0.25) is 0 Å². The maximum atomic E-state index is 12.9. The number of nitrogens with two attached hydrogens (primary N) is 2. The molecule has 6 heteroatoms. The quantitative estimate of drug-likeness (QED) is 0.861. The van der Waals surface area contributed by atoms with Crippen LogP contribution in [0.4, 0.5) is 0 Å². The molecule has 0 aromatic heterocycles. The number of piperidine rings is 1. The average molecular weight is 297 g/mol. The van der Waals surface area contributed by atoms with Gasteiger partial charge in [-0.05, 0) is 31.9 Å². The van der Waals surface area contributed by atoms with Gasteiger partial charge in [0.05, 0.1) is 4.90 Å². The van der Waals surface area contributed by atoms with Crippen molar-refractivity contribution in [1.82, 2.24) is 4.31 Å². The summed E-state index contributed by atoms with van der Waals surface area (Å²) in [7, 11) is -3.53. The normalized spacial score (nSPS) is 24.8. The highest BCUT2D eigenvalue weighted by Crippen LogP contribution is 2.29. The van der Waals surface area contributed by atoms with Crippen LogP contribution in [0.15, 0.2) is 29.2 Å². The van der Waals surface area contributed by atoms with Gasteiger partial charge in [0, 0.05) is 25.2 Å². The van der Waals surface area contributed by atoms with Crippen LogP contribution in [0, 0.1) is 6.92 Å². The first kappa shape index (κ1) is 15.4. The zero-order valence-electron chi connectivity index (χ0n) is 11.8. The molecule has 20 heavy (non-hydrogen) atoms. The van der Waals surface area contributed by atoms with Crippen molar-refractivity contribution in [2.45, 2.75) is 43.2 Å². The van der Waals surface area contributed by atoms with Crippen LogP contribution >= 0.6 is 0 Å². The van der Waals surface area contributed by atoms with Crippen molar-refractivity contribution < 1.29 is 8.42 Å². The Balaban J connectivity index is 2.40. The van der Waals surface area contributed by atoms with E-state index in [4.69, 9.17) is 11.5 Å². The monoisotopic (exact) mass is 297 g/mol. The van der Waals surface area contributed by atoms with Gasteiger partial charge in [0.15, 0.2) is 0 Å². The van der Waals surface area contributed by atoms with Gasteiger partial charge < -0.3 is 11.5 Å². The molecule has 4 N–H and O–H groups in total. The molecule has 2 rings (SSSR count). The molecule has 1 aromatic rings. The molecule has 1 heterocycles. The lowest BCUT2D eigenvalue weighted by molar-refractivity contribution is 0.188. The summed E-state index contributed by atoms with van der Waals surface area (Å²) in [6.07, 6.45) is 2.58. The van der Waals surface area contributed by atoms with Crippen molar-refractivity contribution >= 4 is 10.0 Å². The third-order valence-electron chi connectivity index (χ3n) is 3.94. The molecule has 1 fully saturated rings. The molecule has 1 aromatic carbocycles. The predicted octanol–water partition coefficient (Wildman–Crippen LogP) is 0.824. The molecule has 0 unspecified atom stereocenters. The first-order valence-corrected chi connectivity index (χ1v) is 8.45. The van der Waals surface area contributed by atoms with Gasteiger partial charge >= 0.3 is 0 Å². The lowest BCUT2D eigenvalue weighted by Gasteiger charge is -2.40. The van der Waals surface area contributed by atoms with Gasteiger partial charge in [-0.25, -0.2) is 8.42 Å². The van der Waals surface area contributed by atoms with Gasteiger partial charge in [-0.1, -0.05) is 24.1 Å². The van der Waals surface area contributed by atoms with Crippen molar-refractivity contribution in [2.24, 2.45) is 11.5 Å². The second kappa shape index (κ2) is 6.22. The Morgan fingerprint density at radius 1 is 1.10 bits per heavy atom. The number of rotatable bonds is 4. The van der Waals surface area contributed by atoms with E-state index in [1.165, 1.54) is 0 Å². The zero-order valence-corrected chi connectivity index (χ0v) is 12.6. The Bertz CT molecular complexity index is 530. The van der Waals surface area contributed by atoms with E-state index in [1.807, 2.05) is 19.1 Å². The van der Waals surface area contributed by atoms with Crippen LogP contribution in [-0.4, -0.2) is 37.9 Å². The number of sulfonamides is 1. The van der Waals surface area contributed by atoms with E-state index < -0.39 is 10.0 Å². The number of benzene rings is 1. The topological polar surface area (TPSA) is 89.4 Å². The SMILES string of the molecule is Cc1ccc(S(=O)(=O)N2[C@H](CN)CCC[C@@H]2CN)cc1. The maximum Gasteiger partial charge on any atom is 0.243 e. The van der Waals surface area contributed by atoms with Gasteiger partial charge in [0.1, 0.15) is 0 Å². The highest BCUT2D eigenvalue weighted by Gasteiger charge is 2.38. The minimum atomic E-state index is -3.53. The molecule has 0 amide bonds. The van der Waals surface area contributed by atoms with E-state index in [2.05, 4.69) is 0 Å². The molecule has 0 radical (unpaired) electrons. The Labute approximate surface area is 121 Å². The van der Waals surface area contributed by atoms with E-state index >= 15 is 0 Å². The molecule has 112 valence electrons. The molecule has 1 saturated heterocycles. The summed E-state index contributed by atoms with van der Waals surface area (Å²) in [6.45, 7) is 2.60. The molecule has 5 nitrogen and oxygen atoms in total. The molecule has 0 spiro atoms. The lowest BCUT2D eigenvalue weighted by atomic mass is 9.99. The van der Waals surface area contributed by atoms with Crippen LogP contribution in [0.3, 0.4) is 0 Å². The molecule has 1 aliphatic rings. The summed E-state index contributed by atoms with van der Waals surface area (Å²) in [6, 6.07) is 6.63. The Morgan fingerprint density at radius 3 is 2.05 bits per heavy atom. The van der Waals surface area contributed by atoms with Gasteiger partial charge in [-0.2, -0.15) is 4.31 Å². The molecule has 0 bridgehead atoms. The maximum absolute atomic E-state index is 12.9. The molecule has 0 saturated carbocycles. The number of nitrogens with zero attached hydrogens (tertiary/aromatic N) is 1. The van der Waals surface area contributed by atoms with Gasteiger partial charge in [-0.15, -0.1) is 0 Å². The van der Waals surface area contributed by atoms with Crippen LogP contribution < -0.4 is 11.5 Å². The Kier molecular flexibility index (Phi) is 4.80. The molecule has 0 aliphatic carbocycles. The second-order valence-electron chi connectivity index (χ2n) is 5.36. The lowest BCUT2D eigenvalue weighted by Crippen LogP contribution is -2.55. The fraction of sp³-hybridized carbons (Fsp3) is 0.571. The predicted molar refractivity (Wildman–Crippen MR) is 79.7 cm³/mol. The minimum absolute atomic E-state index is 0.149. The van der Waals surface area contributed by atoms with Gasteiger partial charge in [0.25, 0.3) is 0 Å². The van der Waals surface area contributed by atoms with Crippen molar-refractivity contribution in [2.75, 3.05) is 13.1 Å². The van der Waals surface area contributed by atoms with Gasteiger partial charge in [0.2, 0.25) is 10.0 Å². The van der Waals surface area contributed by atoms with E-state index in [0.29, 0.717) is 18.0 Å². The number of aryl methyl sites for hydroxylation is 1. The Hall–Kier alpha value is -0.950. The van der Waals surface area contributed by atoms with Crippen LogP contribution in [-0.2, 0) is 10.0 Å². The Morgan fingerprint density at radius 2 is 1.60 bits per heavy atom. The van der Waals surface area contributed by atoms with Crippen molar-refractivity contribution in [3.8, 4) is 0 Å². The van der Waals surface area contributed by atoms with Crippen molar-refractivity contribution in [3.05, 3.63) is 29.8 Å². The van der Waals surface area contributed by atoms with Crippen molar-refractivity contribution in [1.29, 1.82) is 0 Å². The molecule has 1 aliphatic heterocycles. The molecular formula is C14H23N3O2S. The van der Waals surface area contributed by atoms with Crippen LogP contribution in [0.5, 0.6) is 0 Å². The fourth-order valence-corrected chi connectivity index (χ4v) is 4.70. The average Bonchev–Trinajstić information content (AvgIpc) is 2.46. The molecular weight excluding hydrogens is 274 g/mol. The molecule has 2 atom stereocenters. The van der Waals surface area contributed by atoms with E-state index in [1.54, 1.807) is 16.4 Å². The summed E-state index contributed by atoms with van der Waals surface area (Å²) in [4.78, 5) is 0.321. The van der Waals surface area contributed by atoms with E-state index in [9.17, 15) is 8.42 Å². The second-order valence-corrected chi connectivity index (χ2v) is 7.20. The summed E-state index contributed by atoms with van der Waals surface area (Å²) in [5.41, 5.74) is 12.6. The highest BCUT2D eigenvalue weighted by molar-refractivity contribution is 7.89. The van der Waals surface area contributed by atoms with E-state index in [0.717, 1.165) is 24.8 Å². The summed E-state index contributed by atoms with van der Waals surface area (Å²) >= 11 is 0. The van der Waals surface area contributed by atoms with E-state index in [-0.39, 0.29) is 12.1 Å². The van der Waals surface area contributed by atoms with Crippen LogP contribution in [0.25, 0.3) is 0 Å². The third kappa shape index (κ3) is 2.88. The fourth-order valence-electron chi connectivity index (χ4n) is 2.81. The highest BCUT2D eigenvalue weighted by atomic mass is 32.2. The largest absolute Gasteiger partial charge is 0.329 e. The smallest absolute Gasteiger partial charge is 0.243 e. The standard InChI is InChI=1S/C14H23N3O2S/c1-11-5-7-14(8-6-11)20(18,19)17-12(9-15)3-2-4-13(17)10-16/h5-8,12-13H,2-4,9-10,15-16H2,1H3/t12-,13+. The van der Waals surface area contributed by atoms with Crippen LogP contribution in [0.1, 0.15) is 24.8 Å². The van der Waals surface area contributed by atoms with Gasteiger partial charge in [-0.3, -0.25) is 0 Å². The van der Waals surface area contributed by atoms with Crippen molar-refractivity contribution in [3.63, 3.8) is 0 Å². The minimum Gasteiger partial charge on any atom is -0.329 e. The third-order valence-corrected chi connectivity index (χ3v) is 5.95. The summed E-state index contributed by atoms with van der Waals surface area (Å²) in [5, 5.41) is 0. The first-order valence-electron chi connectivity index (χ1n) is 7.01. The number of hydrogen-bond acceptors (Lipinski definition) is 4. The zero-order chi connectivity index (χ0) is 14.8. The first-order chi connectivity index (χ1) is 9.50. The summed E-state index contributed by atoms with van der Waals surface area (Å²) in [5.74, 6) is 0. The number of hydrogen-bond donors (Lipinski definition) is 2.